The topological polar surface area (TPSA) is 65.0 Å². The van der Waals surface area contributed by atoms with Gasteiger partial charge in [-0.05, 0) is 44.9 Å². The van der Waals surface area contributed by atoms with E-state index in [2.05, 4.69) is 0 Å². The summed E-state index contributed by atoms with van der Waals surface area (Å²) in [4.78, 5) is 11.6. The lowest BCUT2D eigenvalue weighted by Crippen LogP contribution is -2.23. The molecule has 5 heteroatoms. The molecule has 2 atom stereocenters. The van der Waals surface area contributed by atoms with E-state index in [-0.39, 0.29) is 5.92 Å². The number of methoxy groups -OCH3 is 1. The maximum atomic E-state index is 11.6. The number of hydrogen-bond donors (Lipinski definition) is 1. The molecule has 0 aliphatic carbocycles. The molecule has 1 N–H and O–H groups in total. The van der Waals surface area contributed by atoms with Crippen molar-refractivity contribution in [3.05, 3.63) is 42.0 Å². The Morgan fingerprint density at radius 3 is 2.44 bits per heavy atom. The molecule has 0 heterocycles. The van der Waals surface area contributed by atoms with E-state index in [1.54, 1.807) is 13.2 Å². The molecule has 140 valence electrons. The molecule has 0 unspecified atom stereocenters. The molecule has 25 heavy (non-hydrogen) atoms. The lowest BCUT2D eigenvalue weighted by atomic mass is 10.0. The Morgan fingerprint density at radius 1 is 1.24 bits per heavy atom. The van der Waals surface area contributed by atoms with Gasteiger partial charge in [0.25, 0.3) is 0 Å². The first-order chi connectivity index (χ1) is 11.7. The molecule has 1 aromatic rings. The van der Waals surface area contributed by atoms with Crippen LogP contribution in [0.1, 0.15) is 39.7 Å². The van der Waals surface area contributed by atoms with E-state index in [4.69, 9.17) is 14.2 Å². The van der Waals surface area contributed by atoms with Gasteiger partial charge in [0.2, 0.25) is 0 Å². The van der Waals surface area contributed by atoms with Crippen molar-refractivity contribution in [3.8, 4) is 5.75 Å². The number of benzene rings is 1. The molecule has 0 amide bonds. The van der Waals surface area contributed by atoms with Gasteiger partial charge in [-0.3, -0.25) is 0 Å². The lowest BCUT2D eigenvalue weighted by molar-refractivity contribution is -0.148. The first kappa shape index (κ1) is 21.2. The third kappa shape index (κ3) is 9.27. The highest BCUT2D eigenvalue weighted by molar-refractivity contribution is 5.82. The van der Waals surface area contributed by atoms with Crippen LogP contribution in [-0.4, -0.2) is 36.5 Å². The van der Waals surface area contributed by atoms with Crippen LogP contribution in [0.4, 0.5) is 0 Å². The fraction of sp³-hybridized carbons (Fsp3) is 0.550. The summed E-state index contributed by atoms with van der Waals surface area (Å²) in [6.45, 7) is 8.28. The average Bonchev–Trinajstić information content (AvgIpc) is 2.53. The van der Waals surface area contributed by atoms with Crippen LogP contribution in [0, 0.1) is 5.92 Å². The summed E-state index contributed by atoms with van der Waals surface area (Å²) < 4.78 is 15.9. The first-order valence-corrected chi connectivity index (χ1v) is 8.49. The smallest absolute Gasteiger partial charge is 0.330 e. The zero-order valence-electron chi connectivity index (χ0n) is 15.8. The van der Waals surface area contributed by atoms with E-state index in [1.807, 2.05) is 52.0 Å². The van der Waals surface area contributed by atoms with Crippen LogP contribution in [0.15, 0.2) is 36.4 Å². The van der Waals surface area contributed by atoms with Crippen molar-refractivity contribution >= 4 is 5.97 Å². The van der Waals surface area contributed by atoms with E-state index in [0.717, 1.165) is 11.3 Å². The van der Waals surface area contributed by atoms with E-state index in [1.165, 1.54) is 6.08 Å². The minimum absolute atomic E-state index is 0.0402. The van der Waals surface area contributed by atoms with Crippen molar-refractivity contribution < 1.29 is 24.1 Å². The van der Waals surface area contributed by atoms with Gasteiger partial charge < -0.3 is 19.3 Å². The fourth-order valence-corrected chi connectivity index (χ4v) is 2.07. The Morgan fingerprint density at radius 2 is 1.88 bits per heavy atom. The van der Waals surface area contributed by atoms with Crippen molar-refractivity contribution in [1.29, 1.82) is 0 Å². The number of aliphatic hydroxyl groups excluding tert-OH is 1. The summed E-state index contributed by atoms with van der Waals surface area (Å²) in [5.41, 5.74) is 0.537. The molecule has 0 aromatic heterocycles. The highest BCUT2D eigenvalue weighted by Gasteiger charge is 2.15. The van der Waals surface area contributed by atoms with Gasteiger partial charge in [0.1, 0.15) is 11.4 Å². The van der Waals surface area contributed by atoms with E-state index in [9.17, 15) is 9.90 Å². The van der Waals surface area contributed by atoms with Gasteiger partial charge in [-0.2, -0.15) is 0 Å². The van der Waals surface area contributed by atoms with Crippen molar-refractivity contribution in [2.75, 3.05) is 13.7 Å². The monoisotopic (exact) mass is 350 g/mol. The Hall–Kier alpha value is -1.85. The Kier molecular flexibility index (Phi) is 8.66. The third-order valence-electron chi connectivity index (χ3n) is 3.50. The summed E-state index contributed by atoms with van der Waals surface area (Å²) in [6, 6.07) is 7.67. The van der Waals surface area contributed by atoms with Gasteiger partial charge in [0.05, 0.1) is 26.4 Å². The van der Waals surface area contributed by atoms with Gasteiger partial charge in [-0.15, -0.1) is 0 Å². The molecule has 1 aromatic carbocycles. The van der Waals surface area contributed by atoms with Crippen LogP contribution in [-0.2, 0) is 20.9 Å². The van der Waals surface area contributed by atoms with Gasteiger partial charge >= 0.3 is 5.97 Å². The van der Waals surface area contributed by atoms with Crippen molar-refractivity contribution in [1.82, 2.24) is 0 Å². The number of ether oxygens (including phenoxy) is 3. The number of carbonyl (C=O) groups is 1. The summed E-state index contributed by atoms with van der Waals surface area (Å²) in [5.74, 6) is 0.369. The van der Waals surface area contributed by atoms with E-state index < -0.39 is 17.7 Å². The first-order valence-electron chi connectivity index (χ1n) is 8.49. The zero-order valence-corrected chi connectivity index (χ0v) is 15.8. The second-order valence-electron chi connectivity index (χ2n) is 7.08. The average molecular weight is 350 g/mol. The van der Waals surface area contributed by atoms with Crippen LogP contribution < -0.4 is 4.74 Å². The molecule has 0 spiro atoms. The summed E-state index contributed by atoms with van der Waals surface area (Å²) in [7, 11) is 1.63. The second-order valence-corrected chi connectivity index (χ2v) is 7.08. The SMILES string of the molecule is COc1ccc(COC[C@@H](C)[C@@H](O)CC=CC(=O)OC(C)(C)C)cc1. The van der Waals surface area contributed by atoms with Crippen LogP contribution in [0.2, 0.25) is 0 Å². The van der Waals surface area contributed by atoms with Gasteiger partial charge in [-0.1, -0.05) is 25.1 Å². The number of carbonyl (C=O) groups excluding carboxylic acids is 1. The molecular formula is C20H30O5. The van der Waals surface area contributed by atoms with Crippen LogP contribution in [0.3, 0.4) is 0 Å². The molecule has 0 aliphatic heterocycles. The molecule has 5 nitrogen and oxygen atoms in total. The Balaban J connectivity index is 2.29. The number of hydrogen-bond acceptors (Lipinski definition) is 5. The molecule has 0 aliphatic rings. The lowest BCUT2D eigenvalue weighted by Gasteiger charge is -2.19. The molecule has 0 saturated carbocycles. The maximum absolute atomic E-state index is 11.6. The van der Waals surface area contributed by atoms with Crippen LogP contribution in [0.5, 0.6) is 5.75 Å². The number of rotatable bonds is 9. The number of aliphatic hydroxyl groups is 1. The molecule has 0 bridgehead atoms. The highest BCUT2D eigenvalue weighted by atomic mass is 16.6. The molecule has 1 rings (SSSR count). The second kappa shape index (κ2) is 10.2. The largest absolute Gasteiger partial charge is 0.497 e. The van der Waals surface area contributed by atoms with Crippen LogP contribution in [0.25, 0.3) is 0 Å². The minimum atomic E-state index is -0.574. The third-order valence-corrected chi connectivity index (χ3v) is 3.50. The van der Waals surface area contributed by atoms with Crippen LogP contribution >= 0.6 is 0 Å². The van der Waals surface area contributed by atoms with Gasteiger partial charge in [-0.25, -0.2) is 4.79 Å². The zero-order chi connectivity index (χ0) is 18.9. The Bertz CT molecular complexity index is 542. The quantitative estimate of drug-likeness (QED) is 0.545. The Labute approximate surface area is 150 Å². The predicted octanol–water partition coefficient (Wildman–Crippen LogP) is 3.50. The molecule has 0 saturated heterocycles. The van der Waals surface area contributed by atoms with Crippen molar-refractivity contribution in [3.63, 3.8) is 0 Å². The normalized spacial score (nSPS) is 14.3. The molecule has 0 radical (unpaired) electrons. The minimum Gasteiger partial charge on any atom is -0.497 e. The highest BCUT2D eigenvalue weighted by Crippen LogP contribution is 2.14. The van der Waals surface area contributed by atoms with E-state index >= 15 is 0 Å². The fourth-order valence-electron chi connectivity index (χ4n) is 2.07. The molecule has 0 fully saturated rings. The predicted molar refractivity (Wildman–Crippen MR) is 97.4 cm³/mol. The summed E-state index contributed by atoms with van der Waals surface area (Å²) in [6.07, 6.45) is 2.80. The van der Waals surface area contributed by atoms with Gasteiger partial charge in [0.15, 0.2) is 0 Å². The summed E-state index contributed by atoms with van der Waals surface area (Å²) >= 11 is 0. The molecular weight excluding hydrogens is 320 g/mol. The maximum Gasteiger partial charge on any atom is 0.330 e. The van der Waals surface area contributed by atoms with Crippen molar-refractivity contribution in [2.24, 2.45) is 5.92 Å². The number of esters is 1. The summed E-state index contributed by atoms with van der Waals surface area (Å²) in [5, 5.41) is 10.1. The van der Waals surface area contributed by atoms with Crippen molar-refractivity contribution in [2.45, 2.75) is 52.4 Å². The standard InChI is InChI=1S/C20H30O5/c1-15(13-24-14-16-9-11-17(23-5)12-10-16)18(21)7-6-8-19(22)25-20(2,3)4/h6,8-12,15,18,21H,7,13-14H2,1-5H3/t15-,18+/m1/s1. The van der Waals surface area contributed by atoms with E-state index in [0.29, 0.717) is 19.6 Å². The van der Waals surface area contributed by atoms with Gasteiger partial charge in [0, 0.05) is 12.0 Å².